The summed E-state index contributed by atoms with van der Waals surface area (Å²) in [6, 6.07) is 2.98. The summed E-state index contributed by atoms with van der Waals surface area (Å²) in [6.07, 6.45) is 7.44. The average molecular weight is 263 g/mol. The van der Waals surface area contributed by atoms with Gasteiger partial charge in [0.1, 0.15) is 0 Å². The van der Waals surface area contributed by atoms with Gasteiger partial charge in [0, 0.05) is 10.9 Å². The van der Waals surface area contributed by atoms with Gasteiger partial charge in [-0.1, -0.05) is 13.3 Å². The molecule has 1 nitrogen and oxygen atoms in total. The Bertz CT molecular complexity index is 398. The first-order valence-corrected chi connectivity index (χ1v) is 8.42. The van der Waals surface area contributed by atoms with Crippen molar-refractivity contribution in [3.8, 4) is 0 Å². The number of aryl methyl sites for hydroxylation is 1. The fourth-order valence-corrected chi connectivity index (χ4v) is 4.96. The molecule has 1 N–H and O–H groups in total. The van der Waals surface area contributed by atoms with Crippen molar-refractivity contribution >= 4 is 11.3 Å². The third-order valence-electron chi connectivity index (χ3n) is 5.03. The molecule has 1 heterocycles. The molecule has 1 aromatic heterocycles. The summed E-state index contributed by atoms with van der Waals surface area (Å²) < 4.78 is 0. The van der Waals surface area contributed by atoms with E-state index in [0.29, 0.717) is 6.04 Å². The predicted octanol–water partition coefficient (Wildman–Crippen LogP) is 4.53. The third-order valence-corrected chi connectivity index (χ3v) is 5.91. The first-order valence-electron chi connectivity index (χ1n) is 7.54. The Labute approximate surface area is 115 Å². The van der Waals surface area contributed by atoms with E-state index in [9.17, 15) is 0 Å². The molecule has 3 rings (SSSR count). The van der Waals surface area contributed by atoms with Crippen molar-refractivity contribution in [3.63, 3.8) is 0 Å². The zero-order chi connectivity index (χ0) is 12.5. The Morgan fingerprint density at radius 1 is 1.39 bits per heavy atom. The Balaban J connectivity index is 1.67. The van der Waals surface area contributed by atoms with E-state index in [2.05, 4.69) is 30.6 Å². The van der Waals surface area contributed by atoms with E-state index in [1.807, 2.05) is 11.3 Å². The van der Waals surface area contributed by atoms with Crippen LogP contribution in [0.3, 0.4) is 0 Å². The lowest BCUT2D eigenvalue weighted by molar-refractivity contribution is 0.281. The Hall–Kier alpha value is -0.340. The first-order chi connectivity index (χ1) is 8.76. The molecule has 0 spiro atoms. The number of hydrogen-bond donors (Lipinski definition) is 1. The SMILES string of the molecule is CCNC(CC1CC2CCC1C2)c1csc(C)c1. The molecular weight excluding hydrogens is 238 g/mol. The van der Waals surface area contributed by atoms with Crippen LogP contribution in [0.5, 0.6) is 0 Å². The number of fused-ring (bicyclic) bond motifs is 2. The maximum absolute atomic E-state index is 3.71. The van der Waals surface area contributed by atoms with Crippen molar-refractivity contribution < 1.29 is 0 Å². The van der Waals surface area contributed by atoms with Gasteiger partial charge >= 0.3 is 0 Å². The predicted molar refractivity (Wildman–Crippen MR) is 79.0 cm³/mol. The van der Waals surface area contributed by atoms with Crippen LogP contribution in [0.1, 0.15) is 55.5 Å². The van der Waals surface area contributed by atoms with Gasteiger partial charge in [-0.05, 0) is 73.9 Å². The van der Waals surface area contributed by atoms with Crippen LogP contribution in [0, 0.1) is 24.7 Å². The lowest BCUT2D eigenvalue weighted by Crippen LogP contribution is -2.25. The van der Waals surface area contributed by atoms with Crippen LogP contribution in [-0.4, -0.2) is 6.54 Å². The summed E-state index contributed by atoms with van der Waals surface area (Å²) in [6.45, 7) is 5.53. The summed E-state index contributed by atoms with van der Waals surface area (Å²) in [4.78, 5) is 1.45. The molecule has 2 fully saturated rings. The van der Waals surface area contributed by atoms with E-state index in [1.165, 1.54) is 42.5 Å². The molecule has 0 saturated heterocycles. The summed E-state index contributed by atoms with van der Waals surface area (Å²) in [7, 11) is 0. The normalized spacial score (nSPS) is 32.0. The second-order valence-electron chi connectivity index (χ2n) is 6.27. The summed E-state index contributed by atoms with van der Waals surface area (Å²) in [5.74, 6) is 3.12. The molecule has 0 amide bonds. The molecule has 2 aliphatic rings. The number of hydrogen-bond acceptors (Lipinski definition) is 2. The average Bonchev–Trinajstić information content (AvgIpc) is 3.04. The third kappa shape index (κ3) is 2.50. The summed E-state index contributed by atoms with van der Waals surface area (Å²) in [5, 5.41) is 6.06. The van der Waals surface area contributed by atoms with Gasteiger partial charge in [0.2, 0.25) is 0 Å². The Morgan fingerprint density at radius 2 is 2.28 bits per heavy atom. The van der Waals surface area contributed by atoms with Crippen molar-refractivity contribution in [3.05, 3.63) is 21.9 Å². The second kappa shape index (κ2) is 5.34. The zero-order valence-corrected chi connectivity index (χ0v) is 12.4. The molecule has 2 saturated carbocycles. The van der Waals surface area contributed by atoms with Crippen LogP contribution in [0.4, 0.5) is 0 Å². The van der Waals surface area contributed by atoms with Crippen molar-refractivity contribution in [2.45, 2.75) is 52.0 Å². The molecule has 2 bridgehead atoms. The number of thiophene rings is 1. The number of rotatable bonds is 5. The van der Waals surface area contributed by atoms with Crippen LogP contribution in [0.25, 0.3) is 0 Å². The van der Waals surface area contributed by atoms with Crippen LogP contribution in [-0.2, 0) is 0 Å². The molecule has 0 radical (unpaired) electrons. The van der Waals surface area contributed by atoms with Gasteiger partial charge in [0.05, 0.1) is 0 Å². The second-order valence-corrected chi connectivity index (χ2v) is 7.39. The zero-order valence-electron chi connectivity index (χ0n) is 11.6. The van der Waals surface area contributed by atoms with E-state index >= 15 is 0 Å². The van der Waals surface area contributed by atoms with Gasteiger partial charge in [-0.2, -0.15) is 0 Å². The number of nitrogens with one attached hydrogen (secondary N) is 1. The van der Waals surface area contributed by atoms with Gasteiger partial charge in [0.15, 0.2) is 0 Å². The quantitative estimate of drug-likeness (QED) is 0.823. The highest BCUT2D eigenvalue weighted by Gasteiger charge is 2.40. The van der Waals surface area contributed by atoms with E-state index in [4.69, 9.17) is 0 Å². The highest BCUT2D eigenvalue weighted by Crippen LogP contribution is 2.51. The lowest BCUT2D eigenvalue weighted by Gasteiger charge is -2.27. The summed E-state index contributed by atoms with van der Waals surface area (Å²) >= 11 is 1.89. The fraction of sp³-hybridized carbons (Fsp3) is 0.750. The van der Waals surface area contributed by atoms with Crippen molar-refractivity contribution in [1.29, 1.82) is 0 Å². The van der Waals surface area contributed by atoms with E-state index in [-0.39, 0.29) is 0 Å². The smallest absolute Gasteiger partial charge is 0.0331 e. The van der Waals surface area contributed by atoms with Gasteiger partial charge in [-0.25, -0.2) is 0 Å². The molecular formula is C16H25NS. The Kier molecular flexibility index (Phi) is 3.76. The molecule has 2 heteroatoms. The standard InChI is InChI=1S/C16H25NS/c1-3-17-16(15-6-11(2)18-10-15)9-14-8-12-4-5-13(14)7-12/h6,10,12-14,16-17H,3-5,7-9H2,1-2H3. The molecule has 18 heavy (non-hydrogen) atoms. The first kappa shape index (κ1) is 12.7. The summed E-state index contributed by atoms with van der Waals surface area (Å²) in [5.41, 5.74) is 1.53. The van der Waals surface area contributed by atoms with E-state index in [0.717, 1.165) is 24.3 Å². The van der Waals surface area contributed by atoms with Gasteiger partial charge < -0.3 is 5.32 Å². The minimum Gasteiger partial charge on any atom is -0.310 e. The minimum atomic E-state index is 0.601. The van der Waals surface area contributed by atoms with Crippen LogP contribution in [0.15, 0.2) is 11.4 Å². The molecule has 4 unspecified atom stereocenters. The molecule has 0 aliphatic heterocycles. The van der Waals surface area contributed by atoms with Gasteiger partial charge in [-0.3, -0.25) is 0 Å². The Morgan fingerprint density at radius 3 is 2.83 bits per heavy atom. The van der Waals surface area contributed by atoms with Gasteiger partial charge in [-0.15, -0.1) is 11.3 Å². The highest BCUT2D eigenvalue weighted by molar-refractivity contribution is 7.10. The lowest BCUT2D eigenvalue weighted by atomic mass is 9.83. The maximum atomic E-state index is 3.71. The fourth-order valence-electron chi connectivity index (χ4n) is 4.20. The van der Waals surface area contributed by atoms with Crippen molar-refractivity contribution in [2.24, 2.45) is 17.8 Å². The van der Waals surface area contributed by atoms with Crippen molar-refractivity contribution in [2.75, 3.05) is 6.54 Å². The maximum Gasteiger partial charge on any atom is 0.0331 e. The largest absolute Gasteiger partial charge is 0.310 e. The molecule has 4 atom stereocenters. The molecule has 2 aliphatic carbocycles. The molecule has 1 aromatic rings. The van der Waals surface area contributed by atoms with E-state index < -0.39 is 0 Å². The minimum absolute atomic E-state index is 0.601. The van der Waals surface area contributed by atoms with Crippen LogP contribution in [0.2, 0.25) is 0 Å². The van der Waals surface area contributed by atoms with E-state index in [1.54, 1.807) is 0 Å². The topological polar surface area (TPSA) is 12.0 Å². The van der Waals surface area contributed by atoms with Gasteiger partial charge in [0.25, 0.3) is 0 Å². The van der Waals surface area contributed by atoms with Crippen LogP contribution < -0.4 is 5.32 Å². The molecule has 100 valence electrons. The monoisotopic (exact) mass is 263 g/mol. The highest BCUT2D eigenvalue weighted by atomic mass is 32.1. The van der Waals surface area contributed by atoms with Crippen molar-refractivity contribution in [1.82, 2.24) is 5.32 Å². The van der Waals surface area contributed by atoms with Crippen LogP contribution >= 0.6 is 11.3 Å². The molecule has 0 aromatic carbocycles.